The molecule has 0 aliphatic heterocycles. The molecule has 164 valence electrons. The zero-order chi connectivity index (χ0) is 21.2. The fourth-order valence-electron chi connectivity index (χ4n) is 2.31. The quantitative estimate of drug-likeness (QED) is 0.185. The van der Waals surface area contributed by atoms with Gasteiger partial charge in [0.15, 0.2) is 0 Å². The van der Waals surface area contributed by atoms with Crippen molar-refractivity contribution in [3.05, 3.63) is 0 Å². The summed E-state index contributed by atoms with van der Waals surface area (Å²) in [5, 5.41) is 15.4. The Morgan fingerprint density at radius 2 is 0.778 bits per heavy atom. The van der Waals surface area contributed by atoms with E-state index < -0.39 is 11.9 Å². The topological polar surface area (TPSA) is 74.6 Å². The van der Waals surface area contributed by atoms with Crippen LogP contribution in [0.15, 0.2) is 0 Å². The van der Waals surface area contributed by atoms with Crippen molar-refractivity contribution >= 4 is 24.6 Å². The third-order valence-corrected chi connectivity index (χ3v) is 4.43. The van der Waals surface area contributed by atoms with Gasteiger partial charge in [0.25, 0.3) is 0 Å². The predicted octanol–water partition coefficient (Wildman–Crippen LogP) is 7.36. The molecular formula is C22H46O4S. The highest BCUT2D eigenvalue weighted by Crippen LogP contribution is 2.12. The number of thiol groups is 1. The molecule has 0 aliphatic rings. The van der Waals surface area contributed by atoms with E-state index in [1.165, 1.54) is 89.9 Å². The van der Waals surface area contributed by atoms with Gasteiger partial charge < -0.3 is 10.2 Å². The zero-order valence-corrected chi connectivity index (χ0v) is 19.1. The molecule has 0 fully saturated rings. The summed E-state index contributed by atoms with van der Waals surface area (Å²) in [6.45, 7) is 5.49. The molecule has 0 spiro atoms. The van der Waals surface area contributed by atoms with Gasteiger partial charge in [-0.15, -0.1) is 0 Å². The largest absolute Gasteiger partial charge is 0.481 e. The van der Waals surface area contributed by atoms with Gasteiger partial charge in [0.05, 0.1) is 0 Å². The van der Waals surface area contributed by atoms with E-state index in [1.54, 1.807) is 13.8 Å². The van der Waals surface area contributed by atoms with Gasteiger partial charge in [-0.1, -0.05) is 104 Å². The number of hydrogen-bond donors (Lipinski definition) is 3. The molecule has 27 heavy (non-hydrogen) atoms. The molecule has 0 aromatic carbocycles. The number of carboxylic acids is 2. The summed E-state index contributed by atoms with van der Waals surface area (Å²) >= 11 is 4.23. The predicted molar refractivity (Wildman–Crippen MR) is 120 cm³/mol. The highest BCUT2D eigenvalue weighted by Gasteiger charge is 1.93. The maximum atomic E-state index is 9.37. The van der Waals surface area contributed by atoms with Gasteiger partial charge >= 0.3 is 11.9 Å². The third-order valence-electron chi connectivity index (χ3n) is 4.12. The molecule has 0 amide bonds. The van der Waals surface area contributed by atoms with Crippen LogP contribution in [0.2, 0.25) is 0 Å². The first-order chi connectivity index (χ1) is 13.0. The van der Waals surface area contributed by atoms with Crippen molar-refractivity contribution in [1.82, 2.24) is 0 Å². The first kappa shape index (κ1) is 31.0. The number of rotatable bonds is 16. The number of carbonyl (C=O) groups is 2. The maximum absolute atomic E-state index is 9.37. The fourth-order valence-corrected chi connectivity index (χ4v) is 2.53. The average Bonchev–Trinajstić information content (AvgIpc) is 2.66. The minimum atomic E-state index is -0.745. The molecule has 0 atom stereocenters. The molecule has 4 nitrogen and oxygen atoms in total. The molecule has 0 aromatic heterocycles. The number of unbranched alkanes of at least 4 members (excludes halogenated alkanes) is 13. The van der Waals surface area contributed by atoms with E-state index in [0.717, 1.165) is 5.75 Å². The molecule has 0 saturated heterocycles. The second-order valence-corrected chi connectivity index (χ2v) is 7.26. The fraction of sp³-hybridized carbons (Fsp3) is 0.909. The molecule has 0 radical (unpaired) electrons. The Morgan fingerprint density at radius 1 is 0.556 bits per heavy atom. The highest BCUT2D eigenvalue weighted by molar-refractivity contribution is 7.80. The Hall–Kier alpha value is -0.710. The van der Waals surface area contributed by atoms with E-state index in [0.29, 0.717) is 0 Å². The molecular weight excluding hydrogens is 360 g/mol. The first-order valence-corrected chi connectivity index (χ1v) is 11.6. The van der Waals surface area contributed by atoms with Crippen molar-refractivity contribution in [3.8, 4) is 0 Å². The number of hydrogen-bond acceptors (Lipinski definition) is 3. The van der Waals surface area contributed by atoms with Gasteiger partial charge in [-0.05, 0) is 12.2 Å². The van der Waals surface area contributed by atoms with Crippen molar-refractivity contribution in [1.29, 1.82) is 0 Å². The van der Waals surface area contributed by atoms with E-state index in [-0.39, 0.29) is 12.8 Å². The summed E-state index contributed by atoms with van der Waals surface area (Å²) in [6, 6.07) is 0. The summed E-state index contributed by atoms with van der Waals surface area (Å²) in [4.78, 5) is 18.7. The third kappa shape index (κ3) is 45.9. The molecule has 0 heterocycles. The van der Waals surface area contributed by atoms with Crippen LogP contribution in [0.5, 0.6) is 0 Å². The standard InChI is InChI=1S/C16H34S.2C3H6O2/c1-2-3-4-5-6-7-8-9-10-11-12-13-14-15-16-17;2*1-2-3(4)5/h17H,2-16H2,1H3;2*2H2,1H3,(H,4,5). The Labute approximate surface area is 173 Å². The van der Waals surface area contributed by atoms with Crippen LogP contribution in [0.4, 0.5) is 0 Å². The molecule has 0 aliphatic carbocycles. The van der Waals surface area contributed by atoms with Crippen LogP contribution in [0.1, 0.15) is 124 Å². The number of aliphatic carboxylic acids is 2. The summed E-state index contributed by atoms with van der Waals surface area (Å²) < 4.78 is 0. The molecule has 0 rings (SSSR count). The lowest BCUT2D eigenvalue weighted by Gasteiger charge is -2.02. The summed E-state index contributed by atoms with van der Waals surface area (Å²) in [6.07, 6.45) is 20.6. The Bertz CT molecular complexity index is 268. The second kappa shape index (κ2) is 30.0. The van der Waals surface area contributed by atoms with Crippen molar-refractivity contribution in [2.24, 2.45) is 0 Å². The molecule has 0 saturated carbocycles. The van der Waals surface area contributed by atoms with Gasteiger partial charge in [-0.25, -0.2) is 0 Å². The average molecular weight is 407 g/mol. The van der Waals surface area contributed by atoms with E-state index in [4.69, 9.17) is 10.2 Å². The van der Waals surface area contributed by atoms with Crippen LogP contribution in [-0.2, 0) is 9.59 Å². The van der Waals surface area contributed by atoms with Crippen LogP contribution < -0.4 is 0 Å². The summed E-state index contributed by atoms with van der Waals surface area (Å²) in [7, 11) is 0. The number of carboxylic acid groups (broad SMARTS) is 2. The summed E-state index contributed by atoms with van der Waals surface area (Å²) in [5.41, 5.74) is 0. The molecule has 2 N–H and O–H groups in total. The van der Waals surface area contributed by atoms with Crippen LogP contribution >= 0.6 is 12.6 Å². The Morgan fingerprint density at radius 3 is 0.963 bits per heavy atom. The molecule has 0 aromatic rings. The first-order valence-electron chi connectivity index (χ1n) is 11.0. The lowest BCUT2D eigenvalue weighted by atomic mass is 10.0. The van der Waals surface area contributed by atoms with Gasteiger partial charge in [0.1, 0.15) is 0 Å². The molecule has 0 unspecified atom stereocenters. The van der Waals surface area contributed by atoms with Gasteiger partial charge in [-0.2, -0.15) is 12.6 Å². The van der Waals surface area contributed by atoms with Gasteiger partial charge in [-0.3, -0.25) is 9.59 Å². The Balaban J connectivity index is -0.000000471. The maximum Gasteiger partial charge on any atom is 0.303 e. The lowest BCUT2D eigenvalue weighted by molar-refractivity contribution is -0.137. The SMILES string of the molecule is CCC(=O)O.CCC(=O)O.CCCCCCCCCCCCCCCCS. The van der Waals surface area contributed by atoms with Crippen LogP contribution in [-0.4, -0.2) is 27.9 Å². The monoisotopic (exact) mass is 406 g/mol. The normalized spacial score (nSPS) is 9.63. The Kier molecular flexibility index (Phi) is 34.5. The van der Waals surface area contributed by atoms with Crippen molar-refractivity contribution in [2.75, 3.05) is 5.75 Å². The minimum Gasteiger partial charge on any atom is -0.481 e. The van der Waals surface area contributed by atoms with Crippen LogP contribution in [0.25, 0.3) is 0 Å². The zero-order valence-electron chi connectivity index (χ0n) is 18.2. The van der Waals surface area contributed by atoms with E-state index in [2.05, 4.69) is 19.6 Å². The van der Waals surface area contributed by atoms with Crippen LogP contribution in [0.3, 0.4) is 0 Å². The molecule has 0 bridgehead atoms. The minimum absolute atomic E-state index is 0.222. The van der Waals surface area contributed by atoms with Gasteiger partial charge in [0, 0.05) is 12.8 Å². The molecule has 5 heteroatoms. The van der Waals surface area contributed by atoms with Gasteiger partial charge in [0.2, 0.25) is 0 Å². The van der Waals surface area contributed by atoms with E-state index >= 15 is 0 Å². The van der Waals surface area contributed by atoms with Crippen LogP contribution in [0, 0.1) is 0 Å². The van der Waals surface area contributed by atoms with E-state index in [9.17, 15) is 9.59 Å². The van der Waals surface area contributed by atoms with E-state index in [1.807, 2.05) is 0 Å². The highest BCUT2D eigenvalue weighted by atomic mass is 32.1. The van der Waals surface area contributed by atoms with Crippen molar-refractivity contribution in [3.63, 3.8) is 0 Å². The second-order valence-electron chi connectivity index (χ2n) is 6.81. The van der Waals surface area contributed by atoms with Crippen molar-refractivity contribution < 1.29 is 19.8 Å². The lowest BCUT2D eigenvalue weighted by Crippen LogP contribution is -1.86. The summed E-state index contributed by atoms with van der Waals surface area (Å²) in [5.74, 6) is -0.423. The van der Waals surface area contributed by atoms with Crippen molar-refractivity contribution in [2.45, 2.75) is 124 Å². The smallest absolute Gasteiger partial charge is 0.303 e.